The van der Waals surface area contributed by atoms with Crippen LogP contribution in [0, 0.1) is 0 Å². The Balaban J connectivity index is 2.49. The molecule has 0 radical (unpaired) electrons. The summed E-state index contributed by atoms with van der Waals surface area (Å²) >= 11 is 0. The summed E-state index contributed by atoms with van der Waals surface area (Å²) < 4.78 is 4.70. The first-order valence-electron chi connectivity index (χ1n) is 5.30. The van der Waals surface area contributed by atoms with Crippen LogP contribution in [0.2, 0.25) is 0 Å². The van der Waals surface area contributed by atoms with Gasteiger partial charge in [-0.25, -0.2) is 9.59 Å². The van der Waals surface area contributed by atoms with Gasteiger partial charge in [0.1, 0.15) is 8.96 Å². The molecule has 18 heavy (non-hydrogen) atoms. The molecule has 0 aromatic rings. The molecule has 0 spiro atoms. The largest absolute Gasteiger partial charge is 0.463 e. The molecule has 0 aromatic carbocycles. The molecular weight excluding hydrogens is 260 g/mol. The molecule has 0 aromatic heterocycles. The number of carbonyl (C=O) groups excluding carboxylic acids is 1. The maximum atomic E-state index is 11.3. The summed E-state index contributed by atoms with van der Waals surface area (Å²) in [4.78, 5) is 27.7. The Hall–Kier alpha value is -1.38. The van der Waals surface area contributed by atoms with E-state index < -0.39 is 12.2 Å². The van der Waals surface area contributed by atoms with E-state index in [2.05, 4.69) is 25.9 Å². The molecule has 1 aliphatic heterocycles. The van der Waals surface area contributed by atoms with E-state index in [-0.39, 0.29) is 21.0 Å². The fraction of sp³-hybridized carbons (Fsp3) is 0.571. The van der Waals surface area contributed by atoms with Gasteiger partial charge in [-0.05, 0) is 13.0 Å². The van der Waals surface area contributed by atoms with Crippen molar-refractivity contribution in [2.24, 2.45) is 4.99 Å². The number of hydrogen-bond acceptors (Lipinski definition) is 5. The molecular formula is C7H15BN5O4P. The van der Waals surface area contributed by atoms with E-state index in [0.717, 1.165) is 13.0 Å². The Morgan fingerprint density at radius 2 is 2.33 bits per heavy atom. The SMILES string of the molecule is BNPOC(=O)N/C(=N/C(=O)O)N[C@H]1CCNC1. The van der Waals surface area contributed by atoms with E-state index in [4.69, 9.17) is 9.63 Å². The van der Waals surface area contributed by atoms with Crippen LogP contribution in [-0.4, -0.2) is 50.4 Å². The number of carboxylic acid groups (broad SMARTS) is 1. The number of hydrogen-bond donors (Lipinski definition) is 5. The molecule has 2 amide bonds. The zero-order chi connectivity index (χ0) is 13.4. The zero-order valence-electron chi connectivity index (χ0n) is 9.82. The number of amides is 2. The summed E-state index contributed by atoms with van der Waals surface area (Å²) in [5.41, 5.74) is 0. The standard InChI is InChI=1S/C7H15BN5O4P/c8-13-18-17-7(16)12-5(11-6(14)15)10-4-1-2-9-3-4/h4,9,13,18H,1-3,8H2,(H,14,15)(H2,10,11,12,16)/t4-/m0/s1. The second-order valence-corrected chi connectivity index (χ2v) is 4.35. The molecule has 1 heterocycles. The maximum Gasteiger partial charge on any atom is 0.434 e. The van der Waals surface area contributed by atoms with Gasteiger partial charge in [-0.15, -0.1) is 4.99 Å². The first-order valence-corrected chi connectivity index (χ1v) is 6.21. The van der Waals surface area contributed by atoms with Gasteiger partial charge in [0, 0.05) is 12.6 Å². The lowest BCUT2D eigenvalue weighted by Crippen LogP contribution is -2.46. The first-order chi connectivity index (χ1) is 8.61. The minimum atomic E-state index is -1.39. The summed E-state index contributed by atoms with van der Waals surface area (Å²) in [6.07, 6.45) is -1.32. The zero-order valence-corrected chi connectivity index (χ0v) is 10.8. The van der Waals surface area contributed by atoms with E-state index in [9.17, 15) is 9.59 Å². The second-order valence-electron chi connectivity index (χ2n) is 3.44. The van der Waals surface area contributed by atoms with Gasteiger partial charge >= 0.3 is 12.2 Å². The second kappa shape index (κ2) is 7.86. The van der Waals surface area contributed by atoms with E-state index in [1.165, 1.54) is 0 Å². The molecule has 9 nitrogen and oxygen atoms in total. The molecule has 11 heteroatoms. The average Bonchev–Trinajstić information content (AvgIpc) is 2.78. The van der Waals surface area contributed by atoms with Crippen LogP contribution >= 0.6 is 8.96 Å². The van der Waals surface area contributed by atoms with Gasteiger partial charge in [-0.2, -0.15) is 0 Å². The highest BCUT2D eigenvalue weighted by Gasteiger charge is 2.18. The number of aliphatic imine (C=N–C) groups is 1. The van der Waals surface area contributed by atoms with Gasteiger partial charge in [0.2, 0.25) is 5.96 Å². The van der Waals surface area contributed by atoms with Gasteiger partial charge < -0.3 is 25.3 Å². The van der Waals surface area contributed by atoms with Crippen LogP contribution in [0.15, 0.2) is 4.99 Å². The van der Waals surface area contributed by atoms with Crippen LogP contribution in [0.4, 0.5) is 9.59 Å². The van der Waals surface area contributed by atoms with Gasteiger partial charge in [0.15, 0.2) is 7.98 Å². The number of carbonyl (C=O) groups is 2. The summed E-state index contributed by atoms with van der Waals surface area (Å²) in [6, 6.07) is 0.0372. The average molecular weight is 275 g/mol. The highest BCUT2D eigenvalue weighted by Crippen LogP contribution is 2.02. The Labute approximate surface area is 106 Å². The predicted molar refractivity (Wildman–Crippen MR) is 69.5 cm³/mol. The minimum Gasteiger partial charge on any atom is -0.463 e. The molecule has 1 rings (SSSR count). The van der Waals surface area contributed by atoms with Gasteiger partial charge in [0.05, 0.1) is 0 Å². The molecule has 1 unspecified atom stereocenters. The molecule has 0 bridgehead atoms. The topological polar surface area (TPSA) is 124 Å². The van der Waals surface area contributed by atoms with Crippen LogP contribution < -0.4 is 20.9 Å². The number of rotatable bonds is 3. The van der Waals surface area contributed by atoms with Gasteiger partial charge in [0.25, 0.3) is 0 Å². The molecule has 5 N–H and O–H groups in total. The number of nitrogens with one attached hydrogen (secondary N) is 4. The third-order valence-electron chi connectivity index (χ3n) is 2.07. The van der Waals surface area contributed by atoms with Crippen LogP contribution in [-0.2, 0) is 4.52 Å². The van der Waals surface area contributed by atoms with E-state index in [1.807, 2.05) is 0 Å². The minimum absolute atomic E-state index is 0.0372. The van der Waals surface area contributed by atoms with Crippen molar-refractivity contribution in [3.63, 3.8) is 0 Å². The summed E-state index contributed by atoms with van der Waals surface area (Å²) in [5, 5.41) is 16.8. The van der Waals surface area contributed by atoms with Crippen LogP contribution in [0.25, 0.3) is 0 Å². The molecule has 0 aliphatic carbocycles. The monoisotopic (exact) mass is 275 g/mol. The van der Waals surface area contributed by atoms with E-state index in [0.29, 0.717) is 6.54 Å². The van der Waals surface area contributed by atoms with Crippen molar-refractivity contribution in [3.05, 3.63) is 0 Å². The summed E-state index contributed by atoms with van der Waals surface area (Å²) in [6.45, 7) is 1.53. The first kappa shape index (κ1) is 14.7. The Morgan fingerprint density at radius 3 is 2.89 bits per heavy atom. The van der Waals surface area contributed by atoms with Crippen LogP contribution in [0.5, 0.6) is 0 Å². The number of nitrogens with zero attached hydrogens (tertiary/aromatic N) is 1. The van der Waals surface area contributed by atoms with Crippen molar-refractivity contribution in [2.75, 3.05) is 13.1 Å². The van der Waals surface area contributed by atoms with E-state index >= 15 is 0 Å². The lowest BCUT2D eigenvalue weighted by Gasteiger charge is -2.14. The number of guanidine groups is 1. The fourth-order valence-electron chi connectivity index (χ4n) is 1.38. The van der Waals surface area contributed by atoms with Crippen molar-refractivity contribution in [2.45, 2.75) is 12.5 Å². The Morgan fingerprint density at radius 1 is 1.56 bits per heavy atom. The van der Waals surface area contributed by atoms with Crippen molar-refractivity contribution < 1.29 is 19.2 Å². The highest BCUT2D eigenvalue weighted by atomic mass is 31.1. The lowest BCUT2D eigenvalue weighted by atomic mass is 10.3. The third kappa shape index (κ3) is 5.81. The van der Waals surface area contributed by atoms with Crippen molar-refractivity contribution in [1.82, 2.24) is 20.9 Å². The molecule has 2 atom stereocenters. The molecule has 1 saturated heterocycles. The van der Waals surface area contributed by atoms with Gasteiger partial charge in [-0.1, -0.05) is 0 Å². The third-order valence-corrected chi connectivity index (χ3v) is 2.57. The molecule has 1 aliphatic rings. The summed E-state index contributed by atoms with van der Waals surface area (Å²) in [5.74, 6) is -0.123. The normalized spacial score (nSPS) is 20.0. The smallest absolute Gasteiger partial charge is 0.434 e. The lowest BCUT2D eigenvalue weighted by molar-refractivity contribution is 0.205. The summed E-state index contributed by atoms with van der Waals surface area (Å²) in [7, 11) is 1.42. The van der Waals surface area contributed by atoms with Crippen molar-refractivity contribution >= 4 is 35.1 Å². The maximum absolute atomic E-state index is 11.3. The van der Waals surface area contributed by atoms with Crippen molar-refractivity contribution in [3.8, 4) is 0 Å². The fourth-order valence-corrected chi connectivity index (χ4v) is 1.63. The van der Waals surface area contributed by atoms with Crippen LogP contribution in [0.3, 0.4) is 0 Å². The van der Waals surface area contributed by atoms with Crippen molar-refractivity contribution in [1.29, 1.82) is 0 Å². The molecule has 0 saturated carbocycles. The predicted octanol–water partition coefficient (Wildman–Crippen LogP) is -1.66. The quantitative estimate of drug-likeness (QED) is 0.181. The molecule has 100 valence electrons. The Kier molecular flexibility index (Phi) is 6.41. The molecule has 1 fully saturated rings. The Bertz CT molecular complexity index is 336. The highest BCUT2D eigenvalue weighted by molar-refractivity contribution is 7.32. The van der Waals surface area contributed by atoms with Gasteiger partial charge in [-0.3, -0.25) is 5.32 Å². The van der Waals surface area contributed by atoms with Crippen LogP contribution in [0.1, 0.15) is 6.42 Å². The van der Waals surface area contributed by atoms with E-state index in [1.54, 1.807) is 7.98 Å².